The van der Waals surface area contributed by atoms with Gasteiger partial charge in [0.25, 0.3) is 15.7 Å². The molecule has 3 aromatic carbocycles. The Hall–Kier alpha value is -3.99. The molecule has 0 fully saturated rings. The Morgan fingerprint density at radius 1 is 0.867 bits per heavy atom. The minimum atomic E-state index is -3.89. The van der Waals surface area contributed by atoms with Crippen molar-refractivity contribution >= 4 is 38.8 Å². The summed E-state index contributed by atoms with van der Waals surface area (Å²) in [5.41, 5.74) is 0.683. The molecule has 0 aliphatic heterocycles. The highest BCUT2D eigenvalue weighted by Gasteiger charge is 2.14. The third-order valence-corrected chi connectivity index (χ3v) is 5.23. The second kappa shape index (κ2) is 8.57. The van der Waals surface area contributed by atoms with Gasteiger partial charge < -0.3 is 10.6 Å². The Morgan fingerprint density at radius 3 is 2.10 bits per heavy atom. The number of carbonyl (C=O) groups is 1. The van der Waals surface area contributed by atoms with Crippen molar-refractivity contribution in [1.82, 2.24) is 0 Å². The van der Waals surface area contributed by atoms with E-state index >= 15 is 0 Å². The zero-order valence-corrected chi connectivity index (χ0v) is 16.0. The van der Waals surface area contributed by atoms with Crippen LogP contribution in [0.3, 0.4) is 0 Å². The van der Waals surface area contributed by atoms with Crippen LogP contribution < -0.4 is 15.4 Å². The molecule has 0 spiro atoms. The number of anilines is 3. The number of urea groups is 1. The number of nitro benzene ring substituents is 1. The van der Waals surface area contributed by atoms with Crippen LogP contribution in [0.4, 0.5) is 31.9 Å². The number of hydrogen-bond donors (Lipinski definition) is 3. The molecule has 30 heavy (non-hydrogen) atoms. The van der Waals surface area contributed by atoms with Gasteiger partial charge in [0.1, 0.15) is 5.82 Å². The average molecular weight is 430 g/mol. The Labute approximate surface area is 170 Å². The van der Waals surface area contributed by atoms with Gasteiger partial charge in [-0.05, 0) is 54.6 Å². The first-order valence-electron chi connectivity index (χ1n) is 8.44. The van der Waals surface area contributed by atoms with E-state index in [2.05, 4.69) is 15.4 Å². The fraction of sp³-hybridized carbons (Fsp3) is 0. The molecule has 0 aromatic heterocycles. The topological polar surface area (TPSA) is 130 Å². The van der Waals surface area contributed by atoms with Crippen LogP contribution in [0.1, 0.15) is 0 Å². The molecule has 2 amide bonds. The van der Waals surface area contributed by atoms with Crippen LogP contribution in [0.15, 0.2) is 77.7 Å². The quantitative estimate of drug-likeness (QED) is 0.399. The molecule has 0 heterocycles. The minimum absolute atomic E-state index is 0.0950. The van der Waals surface area contributed by atoms with Crippen molar-refractivity contribution in [2.45, 2.75) is 4.90 Å². The highest BCUT2D eigenvalue weighted by molar-refractivity contribution is 7.92. The second-order valence-corrected chi connectivity index (χ2v) is 7.71. The molecule has 3 rings (SSSR count). The number of nitro groups is 1. The van der Waals surface area contributed by atoms with Gasteiger partial charge in [0.05, 0.1) is 9.82 Å². The van der Waals surface area contributed by atoms with Crippen LogP contribution >= 0.6 is 0 Å². The number of halogens is 1. The number of amides is 2. The Bertz CT molecular complexity index is 1180. The van der Waals surface area contributed by atoms with Gasteiger partial charge in [-0.2, -0.15) is 0 Å². The Morgan fingerprint density at radius 2 is 1.47 bits per heavy atom. The first-order chi connectivity index (χ1) is 14.2. The predicted octanol–water partition coefficient (Wildman–Crippen LogP) is 4.18. The van der Waals surface area contributed by atoms with Crippen LogP contribution in [0.25, 0.3) is 0 Å². The molecule has 3 aromatic rings. The normalized spacial score (nSPS) is 10.8. The number of nitrogens with zero attached hydrogens (tertiary/aromatic N) is 1. The Balaban J connectivity index is 1.63. The third-order valence-electron chi connectivity index (χ3n) is 3.83. The summed E-state index contributed by atoms with van der Waals surface area (Å²) in [6, 6.07) is 15.0. The zero-order valence-electron chi connectivity index (χ0n) is 15.2. The van der Waals surface area contributed by atoms with Gasteiger partial charge >= 0.3 is 6.03 Å². The largest absolute Gasteiger partial charge is 0.323 e. The number of carbonyl (C=O) groups excluding carboxylic acids is 1. The summed E-state index contributed by atoms with van der Waals surface area (Å²) in [6.45, 7) is 0. The molecule has 0 radical (unpaired) electrons. The summed E-state index contributed by atoms with van der Waals surface area (Å²) in [4.78, 5) is 22.2. The van der Waals surface area contributed by atoms with E-state index in [4.69, 9.17) is 0 Å². The fourth-order valence-corrected chi connectivity index (χ4v) is 3.50. The molecular weight excluding hydrogens is 415 g/mol. The van der Waals surface area contributed by atoms with Crippen LogP contribution in [0.5, 0.6) is 0 Å². The lowest BCUT2D eigenvalue weighted by Gasteiger charge is -2.10. The maximum absolute atomic E-state index is 13.0. The Kier molecular flexibility index (Phi) is 5.93. The van der Waals surface area contributed by atoms with Crippen molar-refractivity contribution in [3.8, 4) is 0 Å². The van der Waals surface area contributed by atoms with E-state index in [1.807, 2.05) is 0 Å². The van der Waals surface area contributed by atoms with E-state index in [-0.39, 0.29) is 22.0 Å². The number of benzene rings is 3. The summed E-state index contributed by atoms with van der Waals surface area (Å²) in [5, 5.41) is 15.8. The molecule has 0 unspecified atom stereocenters. The van der Waals surface area contributed by atoms with Gasteiger partial charge in [0.15, 0.2) is 0 Å². The molecule has 0 bridgehead atoms. The second-order valence-electron chi connectivity index (χ2n) is 6.02. The maximum atomic E-state index is 13.0. The molecule has 0 aliphatic carbocycles. The van der Waals surface area contributed by atoms with Crippen LogP contribution in [-0.2, 0) is 10.0 Å². The van der Waals surface area contributed by atoms with Gasteiger partial charge in [-0.25, -0.2) is 17.6 Å². The number of non-ortho nitro benzene ring substituents is 1. The van der Waals surface area contributed by atoms with Crippen LogP contribution in [0, 0.1) is 15.9 Å². The lowest BCUT2D eigenvalue weighted by molar-refractivity contribution is -0.384. The molecule has 11 heteroatoms. The molecule has 0 aliphatic rings. The standard InChI is InChI=1S/C19H15FN4O5S/c20-13-4-10-18(11-5-13)30(28,29)23-15-8-6-14(7-9-15)21-19(25)22-16-2-1-3-17(12-16)24(26)27/h1-12,23H,(H2,21,22,25). The van der Waals surface area contributed by atoms with E-state index in [1.54, 1.807) is 0 Å². The molecule has 3 N–H and O–H groups in total. The lowest BCUT2D eigenvalue weighted by atomic mass is 10.3. The highest BCUT2D eigenvalue weighted by Crippen LogP contribution is 2.20. The molecular formula is C19H15FN4O5S. The van der Waals surface area contributed by atoms with Gasteiger partial charge in [0, 0.05) is 29.2 Å². The average Bonchev–Trinajstić information content (AvgIpc) is 2.70. The van der Waals surface area contributed by atoms with Gasteiger partial charge in [-0.1, -0.05) is 6.07 Å². The van der Waals surface area contributed by atoms with Crippen LogP contribution in [0.2, 0.25) is 0 Å². The summed E-state index contributed by atoms with van der Waals surface area (Å²) in [6.07, 6.45) is 0. The third kappa shape index (κ3) is 5.29. The van der Waals surface area contributed by atoms with E-state index in [1.165, 1.54) is 48.5 Å². The fourth-order valence-electron chi connectivity index (χ4n) is 2.44. The van der Waals surface area contributed by atoms with Crippen molar-refractivity contribution < 1.29 is 22.5 Å². The van der Waals surface area contributed by atoms with Crippen LogP contribution in [-0.4, -0.2) is 19.4 Å². The monoisotopic (exact) mass is 430 g/mol. The summed E-state index contributed by atoms with van der Waals surface area (Å²) in [5.74, 6) is -0.548. The van der Waals surface area contributed by atoms with Crippen molar-refractivity contribution in [2.75, 3.05) is 15.4 Å². The number of sulfonamides is 1. The molecule has 9 nitrogen and oxygen atoms in total. The first kappa shape index (κ1) is 20.7. The maximum Gasteiger partial charge on any atom is 0.323 e. The summed E-state index contributed by atoms with van der Waals surface area (Å²) >= 11 is 0. The molecule has 0 saturated heterocycles. The summed E-state index contributed by atoms with van der Waals surface area (Å²) < 4.78 is 39.9. The molecule has 0 saturated carbocycles. The van der Waals surface area contributed by atoms with E-state index in [0.29, 0.717) is 5.69 Å². The highest BCUT2D eigenvalue weighted by atomic mass is 32.2. The van der Waals surface area contributed by atoms with Crippen molar-refractivity contribution in [2.24, 2.45) is 0 Å². The number of hydrogen-bond acceptors (Lipinski definition) is 5. The van der Waals surface area contributed by atoms with Gasteiger partial charge in [-0.15, -0.1) is 0 Å². The number of rotatable bonds is 6. The van der Waals surface area contributed by atoms with E-state index in [0.717, 1.165) is 24.3 Å². The van der Waals surface area contributed by atoms with Crippen molar-refractivity contribution in [3.05, 3.63) is 88.7 Å². The van der Waals surface area contributed by atoms with E-state index < -0.39 is 26.8 Å². The predicted molar refractivity (Wildman–Crippen MR) is 109 cm³/mol. The van der Waals surface area contributed by atoms with Gasteiger partial charge in [-0.3, -0.25) is 14.8 Å². The van der Waals surface area contributed by atoms with E-state index in [9.17, 15) is 27.7 Å². The van der Waals surface area contributed by atoms with Gasteiger partial charge in [0.2, 0.25) is 0 Å². The first-order valence-corrected chi connectivity index (χ1v) is 9.92. The zero-order chi connectivity index (χ0) is 21.7. The SMILES string of the molecule is O=C(Nc1ccc(NS(=O)(=O)c2ccc(F)cc2)cc1)Nc1cccc([N+](=O)[O-])c1. The molecule has 0 atom stereocenters. The minimum Gasteiger partial charge on any atom is -0.308 e. The smallest absolute Gasteiger partial charge is 0.308 e. The summed E-state index contributed by atoms with van der Waals surface area (Å²) in [7, 11) is -3.89. The number of nitrogens with one attached hydrogen (secondary N) is 3. The van der Waals surface area contributed by atoms with Crippen molar-refractivity contribution in [3.63, 3.8) is 0 Å². The lowest BCUT2D eigenvalue weighted by Crippen LogP contribution is -2.19. The van der Waals surface area contributed by atoms with Crippen molar-refractivity contribution in [1.29, 1.82) is 0 Å². The molecule has 154 valence electrons.